The van der Waals surface area contributed by atoms with E-state index in [1.54, 1.807) is 0 Å². The summed E-state index contributed by atoms with van der Waals surface area (Å²) in [6.07, 6.45) is 4.00. The van der Waals surface area contributed by atoms with Crippen LogP contribution in [0.5, 0.6) is 0 Å². The van der Waals surface area contributed by atoms with Crippen molar-refractivity contribution in [1.29, 1.82) is 0 Å². The number of thioether (sulfide) groups is 1. The van der Waals surface area contributed by atoms with Crippen molar-refractivity contribution >= 4 is 16.9 Å². The van der Waals surface area contributed by atoms with Crippen molar-refractivity contribution in [2.75, 3.05) is 12.3 Å². The van der Waals surface area contributed by atoms with Gasteiger partial charge in [0.25, 0.3) is 0 Å². The Hall–Kier alpha value is -0.180. The summed E-state index contributed by atoms with van der Waals surface area (Å²) >= 11 is 1.91. The zero-order chi connectivity index (χ0) is 11.5. The van der Waals surface area contributed by atoms with Gasteiger partial charge in [-0.1, -0.05) is 32.5 Å². The smallest absolute Gasteiger partial charge is 0.156 e. The first-order valence-corrected chi connectivity index (χ1v) is 7.57. The molecule has 2 nitrogen and oxygen atoms in total. The van der Waals surface area contributed by atoms with Crippen molar-refractivity contribution in [3.63, 3.8) is 0 Å². The van der Waals surface area contributed by atoms with E-state index in [4.69, 9.17) is 0 Å². The van der Waals surface area contributed by atoms with Gasteiger partial charge < -0.3 is 5.32 Å². The highest BCUT2D eigenvalue weighted by Gasteiger charge is 2.25. The van der Waals surface area contributed by atoms with E-state index in [0.717, 1.165) is 24.3 Å². The quantitative estimate of drug-likeness (QED) is 0.761. The zero-order valence-electron chi connectivity index (χ0n) is 10.7. The number of aliphatic imine (C=N–C) groups is 1. The second kappa shape index (κ2) is 5.44. The fraction of sp³-hybridized carbons (Fsp3) is 0.923. The molecule has 0 aromatic heterocycles. The Morgan fingerprint density at radius 2 is 2.00 bits per heavy atom. The number of hydrogen-bond acceptors (Lipinski definition) is 3. The summed E-state index contributed by atoms with van der Waals surface area (Å²) in [5, 5.41) is 4.84. The van der Waals surface area contributed by atoms with Crippen molar-refractivity contribution in [3.8, 4) is 0 Å². The predicted octanol–water partition coefficient (Wildman–Crippen LogP) is 3.14. The molecule has 0 spiro atoms. The second-order valence-corrected chi connectivity index (χ2v) is 6.68. The van der Waals surface area contributed by atoms with Crippen LogP contribution in [0, 0.1) is 17.8 Å². The lowest BCUT2D eigenvalue weighted by Gasteiger charge is -2.33. The number of amidine groups is 1. The van der Waals surface area contributed by atoms with Crippen LogP contribution >= 0.6 is 11.8 Å². The van der Waals surface area contributed by atoms with E-state index in [9.17, 15) is 0 Å². The van der Waals surface area contributed by atoms with Crippen LogP contribution in [0.1, 0.15) is 40.0 Å². The van der Waals surface area contributed by atoms with Gasteiger partial charge in [0.1, 0.15) is 0 Å². The van der Waals surface area contributed by atoms with Crippen LogP contribution in [-0.2, 0) is 0 Å². The van der Waals surface area contributed by atoms with E-state index in [1.807, 2.05) is 11.8 Å². The topological polar surface area (TPSA) is 24.4 Å². The van der Waals surface area contributed by atoms with Gasteiger partial charge in [-0.25, -0.2) is 0 Å². The highest BCUT2D eigenvalue weighted by atomic mass is 32.2. The van der Waals surface area contributed by atoms with Gasteiger partial charge in [0.2, 0.25) is 0 Å². The monoisotopic (exact) mass is 240 g/mol. The summed E-state index contributed by atoms with van der Waals surface area (Å²) < 4.78 is 0. The molecule has 0 radical (unpaired) electrons. The first-order chi connectivity index (χ1) is 7.65. The lowest BCUT2D eigenvalue weighted by atomic mass is 9.79. The third-order valence-corrected chi connectivity index (χ3v) is 5.23. The van der Waals surface area contributed by atoms with Crippen molar-refractivity contribution in [2.45, 2.75) is 46.1 Å². The molecule has 1 heterocycles. The van der Waals surface area contributed by atoms with Crippen LogP contribution in [-0.4, -0.2) is 23.5 Å². The Balaban J connectivity index is 1.82. The van der Waals surface area contributed by atoms with Gasteiger partial charge in [-0.15, -0.1) is 0 Å². The molecule has 0 aromatic carbocycles. The molecule has 1 N–H and O–H groups in total. The maximum atomic E-state index is 4.62. The van der Waals surface area contributed by atoms with E-state index in [0.29, 0.717) is 6.04 Å². The molecule has 2 rings (SSSR count). The van der Waals surface area contributed by atoms with E-state index >= 15 is 0 Å². The molecule has 4 unspecified atom stereocenters. The van der Waals surface area contributed by atoms with Gasteiger partial charge in [-0.05, 0) is 37.0 Å². The molecule has 0 bridgehead atoms. The van der Waals surface area contributed by atoms with Crippen molar-refractivity contribution in [2.24, 2.45) is 22.7 Å². The average Bonchev–Trinajstić information content (AvgIpc) is 2.27. The number of nitrogens with one attached hydrogen (secondary N) is 1. The molecule has 0 amide bonds. The van der Waals surface area contributed by atoms with Crippen molar-refractivity contribution in [3.05, 3.63) is 0 Å². The van der Waals surface area contributed by atoms with E-state index < -0.39 is 0 Å². The van der Waals surface area contributed by atoms with Crippen LogP contribution in [0.15, 0.2) is 4.99 Å². The van der Waals surface area contributed by atoms with Gasteiger partial charge >= 0.3 is 0 Å². The molecule has 3 heteroatoms. The van der Waals surface area contributed by atoms with Gasteiger partial charge in [0.15, 0.2) is 5.17 Å². The SMILES string of the molecule is CC1CN=C(NC2CCC(C)C(C)C2)SC1. The normalized spacial score (nSPS) is 40.3. The average molecular weight is 240 g/mol. The molecule has 0 saturated heterocycles. The van der Waals surface area contributed by atoms with Crippen molar-refractivity contribution < 1.29 is 0 Å². The van der Waals surface area contributed by atoms with Gasteiger partial charge in [-0.2, -0.15) is 0 Å². The maximum absolute atomic E-state index is 4.62. The van der Waals surface area contributed by atoms with E-state index in [2.05, 4.69) is 31.1 Å². The molecule has 4 atom stereocenters. The van der Waals surface area contributed by atoms with Crippen LogP contribution in [0.2, 0.25) is 0 Å². The number of rotatable bonds is 1. The minimum absolute atomic E-state index is 0.672. The number of hydrogen-bond donors (Lipinski definition) is 1. The zero-order valence-corrected chi connectivity index (χ0v) is 11.5. The van der Waals surface area contributed by atoms with Crippen LogP contribution < -0.4 is 5.32 Å². The van der Waals surface area contributed by atoms with Crippen LogP contribution in [0.4, 0.5) is 0 Å². The van der Waals surface area contributed by atoms with Crippen LogP contribution in [0.3, 0.4) is 0 Å². The predicted molar refractivity (Wildman–Crippen MR) is 73.0 cm³/mol. The molecule has 1 fully saturated rings. The highest BCUT2D eigenvalue weighted by Crippen LogP contribution is 2.30. The van der Waals surface area contributed by atoms with E-state index in [1.165, 1.54) is 30.2 Å². The standard InChI is InChI=1S/C13H24N2S/c1-9-7-14-13(16-8-9)15-12-5-4-10(2)11(3)6-12/h9-12H,4-8H2,1-3H3,(H,14,15). The lowest BCUT2D eigenvalue weighted by Crippen LogP contribution is -2.40. The largest absolute Gasteiger partial charge is 0.362 e. The molecular formula is C13H24N2S. The van der Waals surface area contributed by atoms with Gasteiger partial charge in [-0.3, -0.25) is 4.99 Å². The Labute approximate surface area is 104 Å². The Bertz CT molecular complexity index is 265. The molecule has 0 aromatic rings. The molecule has 2 aliphatic rings. The summed E-state index contributed by atoms with van der Waals surface area (Å²) in [6, 6.07) is 0.672. The molecule has 16 heavy (non-hydrogen) atoms. The Kier molecular flexibility index (Phi) is 4.17. The number of nitrogens with zero attached hydrogens (tertiary/aromatic N) is 1. The first-order valence-electron chi connectivity index (χ1n) is 6.59. The molecule has 1 aliphatic heterocycles. The maximum Gasteiger partial charge on any atom is 0.156 e. The third kappa shape index (κ3) is 3.16. The first kappa shape index (κ1) is 12.3. The fourth-order valence-electron chi connectivity index (χ4n) is 2.50. The van der Waals surface area contributed by atoms with E-state index in [-0.39, 0.29) is 0 Å². The molecule has 92 valence electrons. The molecule has 1 saturated carbocycles. The Morgan fingerprint density at radius 1 is 1.19 bits per heavy atom. The second-order valence-electron chi connectivity index (χ2n) is 5.67. The summed E-state index contributed by atoms with van der Waals surface area (Å²) in [7, 11) is 0. The van der Waals surface area contributed by atoms with Gasteiger partial charge in [0, 0.05) is 18.3 Å². The summed E-state index contributed by atoms with van der Waals surface area (Å²) in [4.78, 5) is 4.62. The fourth-order valence-corrected chi connectivity index (χ4v) is 3.46. The lowest BCUT2D eigenvalue weighted by molar-refractivity contribution is 0.241. The highest BCUT2D eigenvalue weighted by molar-refractivity contribution is 8.13. The molecule has 1 aliphatic carbocycles. The summed E-state index contributed by atoms with van der Waals surface area (Å²) in [5.74, 6) is 3.74. The summed E-state index contributed by atoms with van der Waals surface area (Å²) in [6.45, 7) is 8.05. The summed E-state index contributed by atoms with van der Waals surface area (Å²) in [5.41, 5.74) is 0. The minimum Gasteiger partial charge on any atom is -0.362 e. The van der Waals surface area contributed by atoms with Gasteiger partial charge in [0.05, 0.1) is 0 Å². The Morgan fingerprint density at radius 3 is 2.62 bits per heavy atom. The van der Waals surface area contributed by atoms with Crippen molar-refractivity contribution in [1.82, 2.24) is 5.32 Å². The minimum atomic E-state index is 0.672. The molecular weight excluding hydrogens is 216 g/mol. The third-order valence-electron chi connectivity index (χ3n) is 3.98. The van der Waals surface area contributed by atoms with Crippen LogP contribution in [0.25, 0.3) is 0 Å².